The summed E-state index contributed by atoms with van der Waals surface area (Å²) >= 11 is 0. The first-order chi connectivity index (χ1) is 6.79. The minimum atomic E-state index is 0.470. The molecule has 2 N–H and O–H groups in total. The number of pyridine rings is 1. The fourth-order valence-electron chi connectivity index (χ4n) is 2.18. The molecule has 0 radical (unpaired) electrons. The Hall–Kier alpha value is -1.09. The summed E-state index contributed by atoms with van der Waals surface area (Å²) in [4.78, 5) is 6.51. The van der Waals surface area contributed by atoms with E-state index in [0.717, 1.165) is 0 Å². The van der Waals surface area contributed by atoms with Crippen LogP contribution in [-0.2, 0) is 0 Å². The number of likely N-dealkylation sites (tertiary alicyclic amines) is 1. The standard InChI is InChI=1S/C11H17N3/c1-14-8-3-2-6-10(14)9-5-4-7-13-11(9)12/h4-5,7,10H,2-3,6,8H2,1H3,(H2,12,13)/t10-/m0/s1. The highest BCUT2D eigenvalue weighted by atomic mass is 15.1. The minimum absolute atomic E-state index is 0.470. The lowest BCUT2D eigenvalue weighted by Gasteiger charge is -2.33. The van der Waals surface area contributed by atoms with Crippen molar-refractivity contribution in [2.24, 2.45) is 0 Å². The number of aromatic nitrogens is 1. The predicted octanol–water partition coefficient (Wildman–Crippen LogP) is 1.82. The number of anilines is 1. The monoisotopic (exact) mass is 191 g/mol. The maximum Gasteiger partial charge on any atom is 0.128 e. The normalized spacial score (nSPS) is 23.6. The summed E-state index contributed by atoms with van der Waals surface area (Å²) in [5.41, 5.74) is 7.07. The second-order valence-electron chi connectivity index (χ2n) is 3.97. The minimum Gasteiger partial charge on any atom is -0.383 e. The van der Waals surface area contributed by atoms with Crippen molar-refractivity contribution in [3.63, 3.8) is 0 Å². The first-order valence-electron chi connectivity index (χ1n) is 5.19. The molecule has 3 heteroatoms. The second-order valence-corrected chi connectivity index (χ2v) is 3.97. The van der Waals surface area contributed by atoms with Gasteiger partial charge in [-0.25, -0.2) is 4.98 Å². The van der Waals surface area contributed by atoms with E-state index in [1.54, 1.807) is 6.20 Å². The molecule has 0 aliphatic carbocycles. The number of nitrogens with two attached hydrogens (primary N) is 1. The fraction of sp³-hybridized carbons (Fsp3) is 0.545. The lowest BCUT2D eigenvalue weighted by molar-refractivity contribution is 0.188. The Balaban J connectivity index is 2.25. The number of rotatable bonds is 1. The SMILES string of the molecule is CN1CCCC[C@H]1c1cccnc1N. The fourth-order valence-corrected chi connectivity index (χ4v) is 2.18. The van der Waals surface area contributed by atoms with Crippen molar-refractivity contribution in [3.05, 3.63) is 23.9 Å². The van der Waals surface area contributed by atoms with Crippen molar-refractivity contribution in [3.8, 4) is 0 Å². The first kappa shape index (κ1) is 9.46. The van der Waals surface area contributed by atoms with Crippen molar-refractivity contribution in [2.75, 3.05) is 19.3 Å². The molecule has 1 fully saturated rings. The molecule has 1 aromatic heterocycles. The molecular formula is C11H17N3. The highest BCUT2D eigenvalue weighted by Gasteiger charge is 2.22. The van der Waals surface area contributed by atoms with Crippen molar-refractivity contribution < 1.29 is 0 Å². The van der Waals surface area contributed by atoms with Crippen LogP contribution in [0.4, 0.5) is 5.82 Å². The van der Waals surface area contributed by atoms with Crippen molar-refractivity contribution in [2.45, 2.75) is 25.3 Å². The van der Waals surface area contributed by atoms with Gasteiger partial charge in [0.2, 0.25) is 0 Å². The van der Waals surface area contributed by atoms with E-state index >= 15 is 0 Å². The van der Waals surface area contributed by atoms with Gasteiger partial charge in [0, 0.05) is 17.8 Å². The number of nitrogen functional groups attached to an aromatic ring is 1. The van der Waals surface area contributed by atoms with Crippen LogP contribution in [0, 0.1) is 0 Å². The van der Waals surface area contributed by atoms with E-state index in [1.165, 1.54) is 31.4 Å². The Morgan fingerprint density at radius 2 is 2.36 bits per heavy atom. The van der Waals surface area contributed by atoms with E-state index < -0.39 is 0 Å². The summed E-state index contributed by atoms with van der Waals surface area (Å²) in [6.07, 6.45) is 5.55. The second kappa shape index (κ2) is 3.96. The topological polar surface area (TPSA) is 42.2 Å². The van der Waals surface area contributed by atoms with Gasteiger partial charge in [0.15, 0.2) is 0 Å². The van der Waals surface area contributed by atoms with Gasteiger partial charge in [-0.1, -0.05) is 12.5 Å². The van der Waals surface area contributed by atoms with Crippen molar-refractivity contribution in [1.29, 1.82) is 0 Å². The van der Waals surface area contributed by atoms with Crippen LogP contribution in [0.25, 0.3) is 0 Å². The smallest absolute Gasteiger partial charge is 0.128 e. The van der Waals surface area contributed by atoms with Gasteiger partial charge in [-0.05, 0) is 32.5 Å². The number of hydrogen-bond donors (Lipinski definition) is 1. The predicted molar refractivity (Wildman–Crippen MR) is 57.9 cm³/mol. The molecule has 0 saturated carbocycles. The van der Waals surface area contributed by atoms with E-state index in [0.29, 0.717) is 11.9 Å². The molecule has 14 heavy (non-hydrogen) atoms. The zero-order chi connectivity index (χ0) is 9.97. The third kappa shape index (κ3) is 1.73. The Morgan fingerprint density at radius 1 is 1.50 bits per heavy atom. The molecule has 1 aromatic rings. The molecule has 0 bridgehead atoms. The van der Waals surface area contributed by atoms with Crippen LogP contribution in [0.2, 0.25) is 0 Å². The average Bonchev–Trinajstić information content (AvgIpc) is 2.20. The van der Waals surface area contributed by atoms with Gasteiger partial charge in [-0.3, -0.25) is 4.90 Å². The van der Waals surface area contributed by atoms with Crippen LogP contribution in [0.15, 0.2) is 18.3 Å². The summed E-state index contributed by atoms with van der Waals surface area (Å²) < 4.78 is 0. The van der Waals surface area contributed by atoms with Gasteiger partial charge in [0.05, 0.1) is 0 Å². The largest absolute Gasteiger partial charge is 0.383 e. The van der Waals surface area contributed by atoms with Crippen molar-refractivity contribution in [1.82, 2.24) is 9.88 Å². The molecule has 1 atom stereocenters. The molecule has 76 valence electrons. The lowest BCUT2D eigenvalue weighted by atomic mass is 9.96. The quantitative estimate of drug-likeness (QED) is 0.736. The van der Waals surface area contributed by atoms with E-state index in [2.05, 4.69) is 23.0 Å². The van der Waals surface area contributed by atoms with Crippen LogP contribution in [0.1, 0.15) is 30.9 Å². The summed E-state index contributed by atoms with van der Waals surface area (Å²) in [5, 5.41) is 0. The summed E-state index contributed by atoms with van der Waals surface area (Å²) in [6.45, 7) is 1.17. The van der Waals surface area contributed by atoms with E-state index in [4.69, 9.17) is 5.73 Å². The summed E-state index contributed by atoms with van der Waals surface area (Å²) in [6, 6.07) is 4.53. The van der Waals surface area contributed by atoms with Gasteiger partial charge in [0.25, 0.3) is 0 Å². The number of hydrogen-bond acceptors (Lipinski definition) is 3. The van der Waals surface area contributed by atoms with Gasteiger partial charge >= 0.3 is 0 Å². The lowest BCUT2D eigenvalue weighted by Crippen LogP contribution is -2.30. The Kier molecular flexibility index (Phi) is 2.68. The third-order valence-electron chi connectivity index (χ3n) is 3.00. The summed E-state index contributed by atoms with van der Waals surface area (Å²) in [7, 11) is 2.16. The zero-order valence-electron chi connectivity index (χ0n) is 8.61. The van der Waals surface area contributed by atoms with Crippen LogP contribution >= 0.6 is 0 Å². The molecular weight excluding hydrogens is 174 g/mol. The van der Waals surface area contributed by atoms with Gasteiger partial charge < -0.3 is 5.73 Å². The molecule has 1 saturated heterocycles. The Morgan fingerprint density at radius 3 is 3.07 bits per heavy atom. The van der Waals surface area contributed by atoms with Crippen LogP contribution in [0.5, 0.6) is 0 Å². The van der Waals surface area contributed by atoms with Gasteiger partial charge in [-0.15, -0.1) is 0 Å². The van der Waals surface area contributed by atoms with Crippen LogP contribution < -0.4 is 5.73 Å². The number of nitrogens with zero attached hydrogens (tertiary/aromatic N) is 2. The Bertz CT molecular complexity index is 311. The molecule has 3 nitrogen and oxygen atoms in total. The maximum absolute atomic E-state index is 5.88. The van der Waals surface area contributed by atoms with Crippen LogP contribution in [-0.4, -0.2) is 23.5 Å². The average molecular weight is 191 g/mol. The summed E-state index contributed by atoms with van der Waals surface area (Å²) in [5.74, 6) is 0.686. The molecule has 0 spiro atoms. The molecule has 0 aromatic carbocycles. The van der Waals surface area contributed by atoms with Gasteiger partial charge in [0.1, 0.15) is 5.82 Å². The highest BCUT2D eigenvalue weighted by molar-refractivity contribution is 5.40. The van der Waals surface area contributed by atoms with E-state index in [9.17, 15) is 0 Å². The Labute approximate surface area is 84.9 Å². The molecule has 2 heterocycles. The third-order valence-corrected chi connectivity index (χ3v) is 3.00. The van der Waals surface area contributed by atoms with E-state index in [-0.39, 0.29) is 0 Å². The molecule has 1 aliphatic heterocycles. The highest BCUT2D eigenvalue weighted by Crippen LogP contribution is 2.31. The molecule has 1 aliphatic rings. The van der Waals surface area contributed by atoms with Crippen molar-refractivity contribution >= 4 is 5.82 Å². The van der Waals surface area contributed by atoms with Crippen LogP contribution in [0.3, 0.4) is 0 Å². The van der Waals surface area contributed by atoms with Gasteiger partial charge in [-0.2, -0.15) is 0 Å². The van der Waals surface area contributed by atoms with E-state index in [1.807, 2.05) is 6.07 Å². The maximum atomic E-state index is 5.88. The molecule has 0 unspecified atom stereocenters. The molecule has 0 amide bonds. The number of piperidine rings is 1. The zero-order valence-corrected chi connectivity index (χ0v) is 8.61. The first-order valence-corrected chi connectivity index (χ1v) is 5.19. The molecule has 2 rings (SSSR count).